The second-order valence-corrected chi connectivity index (χ2v) is 6.97. The third-order valence-electron chi connectivity index (χ3n) is 4.10. The first kappa shape index (κ1) is 13.6. The van der Waals surface area contributed by atoms with Gasteiger partial charge in [-0.05, 0) is 36.8 Å². The fourth-order valence-electron chi connectivity index (χ4n) is 2.71. The maximum Gasteiger partial charge on any atom is 0.240 e. The number of sulfonamides is 1. The van der Waals surface area contributed by atoms with Gasteiger partial charge in [0, 0.05) is 6.54 Å². The highest BCUT2D eigenvalue weighted by Crippen LogP contribution is 2.40. The van der Waals surface area contributed by atoms with Crippen LogP contribution in [0.15, 0.2) is 35.2 Å². The van der Waals surface area contributed by atoms with Crippen molar-refractivity contribution in [2.75, 3.05) is 6.54 Å². The van der Waals surface area contributed by atoms with Crippen LogP contribution in [0, 0.1) is 5.41 Å². The SMILES string of the molecule is CCC1(CNS(=O)(=O)c2ccccc2)CCCC1. The molecule has 0 aromatic heterocycles. The standard InChI is InChI=1S/C14H21NO2S/c1-2-14(10-6-7-11-14)12-15-18(16,17)13-8-4-3-5-9-13/h3-5,8-9,15H,2,6-7,10-12H2,1H3. The van der Waals surface area contributed by atoms with Gasteiger partial charge in [-0.1, -0.05) is 38.0 Å². The fraction of sp³-hybridized carbons (Fsp3) is 0.571. The van der Waals surface area contributed by atoms with Crippen molar-refractivity contribution in [2.24, 2.45) is 5.41 Å². The number of hydrogen-bond donors (Lipinski definition) is 1. The topological polar surface area (TPSA) is 46.2 Å². The Hall–Kier alpha value is -0.870. The Morgan fingerprint density at radius 3 is 2.33 bits per heavy atom. The molecule has 0 saturated heterocycles. The molecule has 3 nitrogen and oxygen atoms in total. The van der Waals surface area contributed by atoms with E-state index in [1.165, 1.54) is 12.8 Å². The maximum atomic E-state index is 12.1. The molecule has 0 atom stereocenters. The number of rotatable bonds is 5. The van der Waals surface area contributed by atoms with Crippen LogP contribution in [-0.4, -0.2) is 15.0 Å². The van der Waals surface area contributed by atoms with Crippen molar-refractivity contribution in [1.29, 1.82) is 0 Å². The normalized spacial score (nSPS) is 18.9. The fourth-order valence-corrected chi connectivity index (χ4v) is 3.89. The van der Waals surface area contributed by atoms with Crippen LogP contribution in [0.5, 0.6) is 0 Å². The van der Waals surface area contributed by atoms with Crippen LogP contribution in [0.4, 0.5) is 0 Å². The summed E-state index contributed by atoms with van der Waals surface area (Å²) in [6, 6.07) is 8.59. The van der Waals surface area contributed by atoms with Crippen molar-refractivity contribution in [2.45, 2.75) is 43.9 Å². The molecule has 1 fully saturated rings. The van der Waals surface area contributed by atoms with E-state index < -0.39 is 10.0 Å². The predicted molar refractivity (Wildman–Crippen MR) is 72.8 cm³/mol. The Kier molecular flexibility index (Phi) is 4.07. The van der Waals surface area contributed by atoms with Crippen LogP contribution in [0.3, 0.4) is 0 Å². The van der Waals surface area contributed by atoms with E-state index >= 15 is 0 Å². The molecule has 0 amide bonds. The van der Waals surface area contributed by atoms with E-state index in [0.717, 1.165) is 19.3 Å². The minimum absolute atomic E-state index is 0.182. The zero-order chi connectivity index (χ0) is 13.1. The lowest BCUT2D eigenvalue weighted by Gasteiger charge is -2.27. The summed E-state index contributed by atoms with van der Waals surface area (Å²) in [5, 5.41) is 0. The first-order chi connectivity index (χ1) is 8.58. The van der Waals surface area contributed by atoms with Crippen molar-refractivity contribution < 1.29 is 8.42 Å². The Bertz CT molecular complexity index is 476. The molecular weight excluding hydrogens is 246 g/mol. The van der Waals surface area contributed by atoms with Crippen molar-refractivity contribution in [3.05, 3.63) is 30.3 Å². The average Bonchev–Trinajstić information content (AvgIpc) is 2.87. The largest absolute Gasteiger partial charge is 0.240 e. The van der Waals surface area contributed by atoms with Gasteiger partial charge in [-0.2, -0.15) is 0 Å². The molecule has 1 aliphatic carbocycles. The van der Waals surface area contributed by atoms with Gasteiger partial charge in [0.2, 0.25) is 10.0 Å². The van der Waals surface area contributed by atoms with Crippen molar-refractivity contribution >= 4 is 10.0 Å². The second-order valence-electron chi connectivity index (χ2n) is 5.20. The Balaban J connectivity index is 2.06. The summed E-state index contributed by atoms with van der Waals surface area (Å²) in [7, 11) is -3.35. The summed E-state index contributed by atoms with van der Waals surface area (Å²) in [5.41, 5.74) is 0.182. The minimum Gasteiger partial charge on any atom is -0.211 e. The first-order valence-electron chi connectivity index (χ1n) is 6.63. The number of benzene rings is 1. The van der Waals surface area contributed by atoms with Crippen LogP contribution in [0.1, 0.15) is 39.0 Å². The highest BCUT2D eigenvalue weighted by atomic mass is 32.2. The van der Waals surface area contributed by atoms with Gasteiger partial charge in [0.1, 0.15) is 0 Å². The first-order valence-corrected chi connectivity index (χ1v) is 8.11. The number of nitrogens with one attached hydrogen (secondary N) is 1. The lowest BCUT2D eigenvalue weighted by atomic mass is 9.84. The molecule has 0 radical (unpaired) electrons. The zero-order valence-electron chi connectivity index (χ0n) is 10.9. The van der Waals surface area contributed by atoms with Crippen LogP contribution in [0.25, 0.3) is 0 Å². The van der Waals surface area contributed by atoms with Gasteiger partial charge in [-0.15, -0.1) is 0 Å². The molecule has 1 N–H and O–H groups in total. The van der Waals surface area contributed by atoms with E-state index in [2.05, 4.69) is 11.6 Å². The second kappa shape index (κ2) is 5.41. The Morgan fingerprint density at radius 2 is 1.78 bits per heavy atom. The summed E-state index contributed by atoms with van der Waals surface area (Å²) in [5.74, 6) is 0. The van der Waals surface area contributed by atoms with E-state index in [-0.39, 0.29) is 5.41 Å². The molecule has 0 heterocycles. The highest BCUT2D eigenvalue weighted by Gasteiger charge is 2.33. The molecule has 1 aromatic rings. The third kappa shape index (κ3) is 2.93. The van der Waals surface area contributed by atoms with Gasteiger partial charge < -0.3 is 0 Å². The molecule has 100 valence electrons. The van der Waals surface area contributed by atoms with Gasteiger partial charge in [-0.3, -0.25) is 0 Å². The molecule has 18 heavy (non-hydrogen) atoms. The van der Waals surface area contributed by atoms with E-state index in [1.807, 2.05) is 6.07 Å². The van der Waals surface area contributed by atoms with Gasteiger partial charge in [-0.25, -0.2) is 13.1 Å². The van der Waals surface area contributed by atoms with E-state index in [1.54, 1.807) is 24.3 Å². The smallest absolute Gasteiger partial charge is 0.211 e. The maximum absolute atomic E-state index is 12.1. The van der Waals surface area contributed by atoms with E-state index in [4.69, 9.17) is 0 Å². The predicted octanol–water partition coefficient (Wildman–Crippen LogP) is 2.94. The van der Waals surface area contributed by atoms with Gasteiger partial charge in [0.25, 0.3) is 0 Å². The molecule has 1 aliphatic rings. The highest BCUT2D eigenvalue weighted by molar-refractivity contribution is 7.89. The lowest BCUT2D eigenvalue weighted by molar-refractivity contribution is 0.285. The average molecular weight is 267 g/mol. The Morgan fingerprint density at radius 1 is 1.17 bits per heavy atom. The van der Waals surface area contributed by atoms with E-state index in [9.17, 15) is 8.42 Å². The molecule has 4 heteroatoms. The third-order valence-corrected chi connectivity index (χ3v) is 5.52. The van der Waals surface area contributed by atoms with Gasteiger partial charge >= 0.3 is 0 Å². The summed E-state index contributed by atoms with van der Waals surface area (Å²) in [6.07, 6.45) is 5.77. The molecule has 0 bridgehead atoms. The molecule has 0 aliphatic heterocycles. The lowest BCUT2D eigenvalue weighted by Crippen LogP contribution is -2.35. The van der Waals surface area contributed by atoms with Crippen LogP contribution < -0.4 is 4.72 Å². The van der Waals surface area contributed by atoms with E-state index in [0.29, 0.717) is 11.4 Å². The molecule has 2 rings (SSSR count). The van der Waals surface area contributed by atoms with Gasteiger partial charge in [0.05, 0.1) is 4.90 Å². The molecular formula is C14H21NO2S. The van der Waals surface area contributed by atoms with Crippen molar-refractivity contribution in [3.63, 3.8) is 0 Å². The summed E-state index contributed by atoms with van der Waals surface area (Å²) < 4.78 is 27.1. The summed E-state index contributed by atoms with van der Waals surface area (Å²) >= 11 is 0. The summed E-state index contributed by atoms with van der Waals surface area (Å²) in [6.45, 7) is 2.73. The van der Waals surface area contributed by atoms with Crippen molar-refractivity contribution in [1.82, 2.24) is 4.72 Å². The van der Waals surface area contributed by atoms with Crippen molar-refractivity contribution in [3.8, 4) is 0 Å². The van der Waals surface area contributed by atoms with Crippen LogP contribution >= 0.6 is 0 Å². The van der Waals surface area contributed by atoms with Crippen LogP contribution in [-0.2, 0) is 10.0 Å². The molecule has 0 spiro atoms. The van der Waals surface area contributed by atoms with Crippen LogP contribution in [0.2, 0.25) is 0 Å². The minimum atomic E-state index is -3.35. The quantitative estimate of drug-likeness (QED) is 0.891. The summed E-state index contributed by atoms with van der Waals surface area (Å²) in [4.78, 5) is 0.356. The Labute approximate surface area is 110 Å². The number of hydrogen-bond acceptors (Lipinski definition) is 2. The zero-order valence-corrected chi connectivity index (χ0v) is 11.7. The molecule has 0 unspecified atom stereocenters. The molecule has 1 aromatic carbocycles. The van der Waals surface area contributed by atoms with Gasteiger partial charge in [0.15, 0.2) is 0 Å². The monoisotopic (exact) mass is 267 g/mol. The molecule has 1 saturated carbocycles.